The standard InChI is InChI=1S/C16H18N2O5/c1-2-23-16(22)12-9-18-13-10(14(12)17-7-4-8-19)5-3-6-11(13)15(20)21/h3,5-6,9,19H,2,4,7-8H2,1H3,(H,17,18)(H,20,21)/p-1. The smallest absolute Gasteiger partial charge is 0.341 e. The highest BCUT2D eigenvalue weighted by Crippen LogP contribution is 2.28. The van der Waals surface area contributed by atoms with Gasteiger partial charge in [0.1, 0.15) is 5.56 Å². The van der Waals surface area contributed by atoms with Crippen molar-refractivity contribution in [3.63, 3.8) is 0 Å². The summed E-state index contributed by atoms with van der Waals surface area (Å²) in [5.74, 6) is -1.89. The summed E-state index contributed by atoms with van der Waals surface area (Å²) in [4.78, 5) is 27.4. The molecule has 1 aromatic heterocycles. The third kappa shape index (κ3) is 3.57. The largest absolute Gasteiger partial charge is 0.545 e. The molecule has 7 nitrogen and oxygen atoms in total. The van der Waals surface area contributed by atoms with Crippen LogP contribution in [0.3, 0.4) is 0 Å². The molecule has 23 heavy (non-hydrogen) atoms. The highest BCUT2D eigenvalue weighted by atomic mass is 16.5. The molecule has 0 atom stereocenters. The summed E-state index contributed by atoms with van der Waals surface area (Å²) in [6.45, 7) is 2.32. The summed E-state index contributed by atoms with van der Waals surface area (Å²) in [6, 6.07) is 4.62. The lowest BCUT2D eigenvalue weighted by Gasteiger charge is -2.15. The lowest BCUT2D eigenvalue weighted by atomic mass is 10.1. The van der Waals surface area contributed by atoms with Crippen LogP contribution in [0.5, 0.6) is 0 Å². The Morgan fingerprint density at radius 2 is 2.13 bits per heavy atom. The first-order chi connectivity index (χ1) is 11.1. The number of anilines is 1. The van der Waals surface area contributed by atoms with Crippen LogP contribution in [-0.2, 0) is 4.74 Å². The molecule has 0 bridgehead atoms. The number of esters is 1. The summed E-state index contributed by atoms with van der Waals surface area (Å²) in [7, 11) is 0. The number of fused-ring (bicyclic) bond motifs is 1. The predicted octanol–water partition coefficient (Wildman–Crippen LogP) is 0.569. The number of carbonyl (C=O) groups is 2. The number of ether oxygens (including phenoxy) is 1. The Kier molecular flexibility index (Phi) is 5.48. The van der Waals surface area contributed by atoms with Crippen LogP contribution in [0, 0.1) is 0 Å². The van der Waals surface area contributed by atoms with E-state index in [1.807, 2.05) is 0 Å². The number of aromatic nitrogens is 1. The van der Waals surface area contributed by atoms with Crippen molar-refractivity contribution in [2.75, 3.05) is 25.1 Å². The van der Waals surface area contributed by atoms with Gasteiger partial charge in [-0.05, 0) is 13.3 Å². The Morgan fingerprint density at radius 1 is 1.35 bits per heavy atom. The number of para-hydroxylation sites is 1. The van der Waals surface area contributed by atoms with E-state index in [0.29, 0.717) is 24.0 Å². The third-order valence-electron chi connectivity index (χ3n) is 3.25. The molecule has 0 fully saturated rings. The summed E-state index contributed by atoms with van der Waals surface area (Å²) in [5.41, 5.74) is 0.827. The van der Waals surface area contributed by atoms with Gasteiger partial charge in [-0.25, -0.2) is 4.79 Å². The molecule has 2 N–H and O–H groups in total. The van der Waals surface area contributed by atoms with E-state index in [-0.39, 0.29) is 29.9 Å². The van der Waals surface area contributed by atoms with E-state index >= 15 is 0 Å². The fourth-order valence-corrected chi connectivity index (χ4v) is 2.23. The zero-order valence-electron chi connectivity index (χ0n) is 12.7. The molecule has 2 aromatic rings. The topological polar surface area (TPSA) is 112 Å². The quantitative estimate of drug-likeness (QED) is 0.567. The molecule has 0 aliphatic rings. The average Bonchev–Trinajstić information content (AvgIpc) is 2.54. The number of nitrogens with zero attached hydrogens (tertiary/aromatic N) is 1. The van der Waals surface area contributed by atoms with Crippen LogP contribution in [0.25, 0.3) is 10.9 Å². The number of aliphatic hydroxyl groups excluding tert-OH is 1. The Balaban J connectivity index is 2.60. The maximum Gasteiger partial charge on any atom is 0.341 e. The highest BCUT2D eigenvalue weighted by Gasteiger charge is 2.17. The number of nitrogens with one attached hydrogen (secondary N) is 1. The zero-order chi connectivity index (χ0) is 16.8. The van der Waals surface area contributed by atoms with Gasteiger partial charge < -0.3 is 25.1 Å². The van der Waals surface area contributed by atoms with Crippen LogP contribution in [0.2, 0.25) is 0 Å². The van der Waals surface area contributed by atoms with E-state index in [4.69, 9.17) is 9.84 Å². The van der Waals surface area contributed by atoms with Gasteiger partial charge in [0, 0.05) is 30.3 Å². The normalized spacial score (nSPS) is 10.5. The molecule has 0 unspecified atom stereocenters. The summed E-state index contributed by atoms with van der Waals surface area (Å²) >= 11 is 0. The molecule has 0 saturated heterocycles. The number of carbonyl (C=O) groups excluding carboxylic acids is 2. The molecule has 1 heterocycles. The maximum absolute atomic E-state index is 12.1. The minimum atomic E-state index is -1.34. The van der Waals surface area contributed by atoms with E-state index < -0.39 is 11.9 Å². The van der Waals surface area contributed by atoms with Crippen molar-refractivity contribution < 1.29 is 24.5 Å². The van der Waals surface area contributed by atoms with Crippen molar-refractivity contribution in [2.24, 2.45) is 0 Å². The lowest BCUT2D eigenvalue weighted by molar-refractivity contribution is -0.254. The Labute approximate surface area is 132 Å². The molecule has 0 aliphatic heterocycles. The predicted molar refractivity (Wildman–Crippen MR) is 82.2 cm³/mol. The van der Waals surface area contributed by atoms with Gasteiger partial charge in [-0.2, -0.15) is 0 Å². The maximum atomic E-state index is 12.1. The molecule has 0 aliphatic carbocycles. The highest BCUT2D eigenvalue weighted by molar-refractivity contribution is 6.09. The summed E-state index contributed by atoms with van der Waals surface area (Å²) in [6.07, 6.45) is 1.76. The molecular weight excluding hydrogens is 300 g/mol. The van der Waals surface area contributed by atoms with Gasteiger partial charge in [-0.3, -0.25) is 4.98 Å². The minimum Gasteiger partial charge on any atom is -0.545 e. The molecule has 7 heteroatoms. The van der Waals surface area contributed by atoms with Crippen molar-refractivity contribution in [3.8, 4) is 0 Å². The van der Waals surface area contributed by atoms with E-state index in [1.54, 1.807) is 19.1 Å². The SMILES string of the molecule is CCOC(=O)c1cnc2c(C(=O)[O-])cccc2c1NCCCO. The van der Waals surface area contributed by atoms with Gasteiger partial charge in [0.05, 0.1) is 23.8 Å². The molecule has 0 saturated carbocycles. The van der Waals surface area contributed by atoms with Crippen LogP contribution in [0.1, 0.15) is 34.1 Å². The summed E-state index contributed by atoms with van der Waals surface area (Å²) < 4.78 is 5.00. The fraction of sp³-hybridized carbons (Fsp3) is 0.312. The second-order valence-electron chi connectivity index (χ2n) is 4.76. The molecule has 122 valence electrons. The minimum absolute atomic E-state index is 0.00491. The number of hydrogen-bond donors (Lipinski definition) is 2. The van der Waals surface area contributed by atoms with E-state index in [1.165, 1.54) is 12.3 Å². The van der Waals surface area contributed by atoms with Gasteiger partial charge in [0.15, 0.2) is 0 Å². The second-order valence-corrected chi connectivity index (χ2v) is 4.76. The van der Waals surface area contributed by atoms with Gasteiger partial charge in [-0.1, -0.05) is 18.2 Å². The third-order valence-corrected chi connectivity index (χ3v) is 3.25. The van der Waals surface area contributed by atoms with Crippen LogP contribution >= 0.6 is 0 Å². The van der Waals surface area contributed by atoms with Crippen molar-refractivity contribution in [2.45, 2.75) is 13.3 Å². The van der Waals surface area contributed by atoms with Gasteiger partial charge in [0.25, 0.3) is 0 Å². The number of rotatable bonds is 7. The molecular formula is C16H17N2O5-. The Bertz CT molecular complexity index is 730. The number of carboxylic acid groups (broad SMARTS) is 1. The number of benzene rings is 1. The Morgan fingerprint density at radius 3 is 2.78 bits per heavy atom. The van der Waals surface area contributed by atoms with Gasteiger partial charge in [-0.15, -0.1) is 0 Å². The van der Waals surface area contributed by atoms with Crippen molar-refractivity contribution >= 4 is 28.5 Å². The first-order valence-corrected chi connectivity index (χ1v) is 7.25. The van der Waals surface area contributed by atoms with Gasteiger partial charge >= 0.3 is 5.97 Å². The first kappa shape index (κ1) is 16.7. The van der Waals surface area contributed by atoms with Gasteiger partial charge in [0.2, 0.25) is 0 Å². The van der Waals surface area contributed by atoms with Crippen molar-refractivity contribution in [3.05, 3.63) is 35.5 Å². The first-order valence-electron chi connectivity index (χ1n) is 7.25. The van der Waals surface area contributed by atoms with E-state index in [0.717, 1.165) is 0 Å². The van der Waals surface area contributed by atoms with Crippen molar-refractivity contribution in [1.29, 1.82) is 0 Å². The van der Waals surface area contributed by atoms with Crippen LogP contribution in [0.15, 0.2) is 24.4 Å². The number of pyridine rings is 1. The van der Waals surface area contributed by atoms with Crippen molar-refractivity contribution in [1.82, 2.24) is 4.98 Å². The molecule has 0 radical (unpaired) electrons. The monoisotopic (exact) mass is 317 g/mol. The number of aliphatic hydroxyl groups is 1. The molecule has 2 rings (SSSR count). The lowest BCUT2D eigenvalue weighted by Crippen LogP contribution is -2.23. The van der Waals surface area contributed by atoms with E-state index in [9.17, 15) is 14.7 Å². The molecule has 0 amide bonds. The van der Waals surface area contributed by atoms with E-state index in [2.05, 4.69) is 10.3 Å². The van der Waals surface area contributed by atoms with Crippen LogP contribution in [0.4, 0.5) is 5.69 Å². The summed E-state index contributed by atoms with van der Waals surface area (Å²) in [5, 5.41) is 23.6. The Hall–Kier alpha value is -2.67. The molecule has 0 spiro atoms. The number of hydrogen-bond acceptors (Lipinski definition) is 7. The van der Waals surface area contributed by atoms with Crippen LogP contribution < -0.4 is 10.4 Å². The van der Waals surface area contributed by atoms with Crippen LogP contribution in [-0.4, -0.2) is 41.8 Å². The number of carboxylic acids is 1. The second kappa shape index (κ2) is 7.55. The molecule has 1 aromatic carbocycles. The fourth-order valence-electron chi connectivity index (χ4n) is 2.23. The zero-order valence-corrected chi connectivity index (χ0v) is 12.7. The number of aromatic carboxylic acids is 1. The average molecular weight is 317 g/mol.